The molecule has 0 amide bonds. The van der Waals surface area contributed by atoms with Crippen LogP contribution in [0.1, 0.15) is 51.4 Å². The van der Waals surface area contributed by atoms with E-state index in [2.05, 4.69) is 4.90 Å². The Kier molecular flexibility index (Phi) is 4.13. The third kappa shape index (κ3) is 2.82. The second-order valence-electron chi connectivity index (χ2n) is 6.77. The van der Waals surface area contributed by atoms with Crippen LogP contribution in [-0.4, -0.2) is 53.5 Å². The summed E-state index contributed by atoms with van der Waals surface area (Å²) in [5, 5.41) is 9.53. The molecule has 3 fully saturated rings. The molecule has 0 aromatic rings. The molecule has 3 rings (SSSR count). The van der Waals surface area contributed by atoms with Crippen molar-refractivity contribution in [3.05, 3.63) is 0 Å². The van der Waals surface area contributed by atoms with Gasteiger partial charge in [-0.25, -0.2) is 0 Å². The van der Waals surface area contributed by atoms with Crippen LogP contribution in [0.2, 0.25) is 0 Å². The van der Waals surface area contributed by atoms with E-state index in [-0.39, 0.29) is 12.1 Å². The van der Waals surface area contributed by atoms with Crippen LogP contribution in [0.25, 0.3) is 0 Å². The Hall–Kier alpha value is -0.160. The number of morpholine rings is 1. The summed E-state index contributed by atoms with van der Waals surface area (Å²) >= 11 is 0. The first-order chi connectivity index (χ1) is 9.22. The van der Waals surface area contributed by atoms with Gasteiger partial charge in [0.15, 0.2) is 0 Å². The zero-order chi connectivity index (χ0) is 13.3. The topological polar surface area (TPSA) is 58.7 Å². The Balaban J connectivity index is 1.69. The average Bonchev–Trinajstić information content (AvgIpc) is 2.47. The molecule has 2 aliphatic carbocycles. The normalized spacial score (nSPS) is 44.8. The summed E-state index contributed by atoms with van der Waals surface area (Å²) in [5.41, 5.74) is 5.97. The van der Waals surface area contributed by atoms with Crippen molar-refractivity contribution < 1.29 is 9.84 Å². The number of nitrogens with two attached hydrogens (primary N) is 1. The van der Waals surface area contributed by atoms with Crippen molar-refractivity contribution in [2.24, 2.45) is 5.73 Å². The Labute approximate surface area is 116 Å². The number of fused-ring (bicyclic) bond motifs is 1. The van der Waals surface area contributed by atoms with Gasteiger partial charge in [0.25, 0.3) is 0 Å². The number of hydrogen-bond acceptors (Lipinski definition) is 4. The van der Waals surface area contributed by atoms with Crippen LogP contribution in [0.4, 0.5) is 0 Å². The Morgan fingerprint density at radius 1 is 1.21 bits per heavy atom. The van der Waals surface area contributed by atoms with Crippen LogP contribution in [0.15, 0.2) is 0 Å². The molecule has 0 bridgehead atoms. The molecule has 110 valence electrons. The maximum atomic E-state index is 9.53. The van der Waals surface area contributed by atoms with Crippen LogP contribution < -0.4 is 5.73 Å². The molecule has 1 heterocycles. The SMILES string of the molecule is NC1(CO)CCCC(N2CCOC3CCCCC32)C1. The lowest BCUT2D eigenvalue weighted by molar-refractivity contribution is -0.111. The van der Waals surface area contributed by atoms with Gasteiger partial charge in [0.1, 0.15) is 0 Å². The van der Waals surface area contributed by atoms with Gasteiger partial charge in [0.2, 0.25) is 0 Å². The first kappa shape index (κ1) is 13.8. The molecule has 4 atom stereocenters. The highest BCUT2D eigenvalue weighted by molar-refractivity contribution is 4.98. The highest BCUT2D eigenvalue weighted by Crippen LogP contribution is 2.35. The fraction of sp³-hybridized carbons (Fsp3) is 1.00. The molecule has 4 heteroatoms. The van der Waals surface area contributed by atoms with Gasteiger partial charge in [-0.1, -0.05) is 12.8 Å². The van der Waals surface area contributed by atoms with Crippen molar-refractivity contribution in [2.75, 3.05) is 19.8 Å². The number of aliphatic hydroxyl groups excluding tert-OH is 1. The molecule has 0 radical (unpaired) electrons. The zero-order valence-electron chi connectivity index (χ0n) is 11.9. The van der Waals surface area contributed by atoms with Gasteiger partial charge in [-0.3, -0.25) is 4.90 Å². The van der Waals surface area contributed by atoms with Gasteiger partial charge in [0.05, 0.1) is 19.3 Å². The summed E-state index contributed by atoms with van der Waals surface area (Å²) in [4.78, 5) is 2.67. The number of nitrogens with zero attached hydrogens (tertiary/aromatic N) is 1. The monoisotopic (exact) mass is 268 g/mol. The maximum absolute atomic E-state index is 9.53. The van der Waals surface area contributed by atoms with Crippen molar-refractivity contribution in [3.63, 3.8) is 0 Å². The minimum Gasteiger partial charge on any atom is -0.394 e. The van der Waals surface area contributed by atoms with Gasteiger partial charge < -0.3 is 15.6 Å². The molecule has 0 aromatic carbocycles. The van der Waals surface area contributed by atoms with E-state index in [0.717, 1.165) is 32.4 Å². The lowest BCUT2D eigenvalue weighted by Gasteiger charge is -2.50. The third-order valence-electron chi connectivity index (χ3n) is 5.41. The first-order valence-electron chi connectivity index (χ1n) is 7.99. The van der Waals surface area contributed by atoms with Crippen molar-refractivity contribution >= 4 is 0 Å². The molecule has 0 aromatic heterocycles. The molecule has 19 heavy (non-hydrogen) atoms. The summed E-state index contributed by atoms with van der Waals surface area (Å²) in [6.07, 6.45) is 9.91. The van der Waals surface area contributed by atoms with E-state index >= 15 is 0 Å². The standard InChI is InChI=1S/C15H28N2O2/c16-15(11-18)7-3-4-12(10-15)17-8-9-19-14-6-2-1-5-13(14)17/h12-14,18H,1-11,16H2. The smallest absolute Gasteiger partial charge is 0.0731 e. The van der Waals surface area contributed by atoms with E-state index < -0.39 is 0 Å². The van der Waals surface area contributed by atoms with E-state index in [4.69, 9.17) is 10.5 Å². The summed E-state index contributed by atoms with van der Waals surface area (Å²) in [6, 6.07) is 1.16. The second kappa shape index (κ2) is 5.68. The lowest BCUT2D eigenvalue weighted by Crippen LogP contribution is -2.60. The number of aliphatic hydroxyl groups is 1. The molecule has 0 spiro atoms. The quantitative estimate of drug-likeness (QED) is 0.791. The Bertz CT molecular complexity index is 311. The minimum atomic E-state index is -0.342. The van der Waals surface area contributed by atoms with Crippen LogP contribution >= 0.6 is 0 Å². The molecule has 3 aliphatic rings. The van der Waals surface area contributed by atoms with Gasteiger partial charge in [-0.2, -0.15) is 0 Å². The van der Waals surface area contributed by atoms with Crippen molar-refractivity contribution in [2.45, 2.75) is 75.1 Å². The van der Waals surface area contributed by atoms with Gasteiger partial charge in [0, 0.05) is 24.2 Å². The van der Waals surface area contributed by atoms with Gasteiger partial charge in [-0.15, -0.1) is 0 Å². The molecule has 3 N–H and O–H groups in total. The second-order valence-corrected chi connectivity index (χ2v) is 6.77. The maximum Gasteiger partial charge on any atom is 0.0731 e. The molecule has 4 unspecified atom stereocenters. The highest BCUT2D eigenvalue weighted by Gasteiger charge is 2.41. The van der Waals surface area contributed by atoms with Gasteiger partial charge in [-0.05, 0) is 38.5 Å². The predicted molar refractivity (Wildman–Crippen MR) is 75.0 cm³/mol. The Morgan fingerprint density at radius 3 is 2.89 bits per heavy atom. The molecule has 1 saturated heterocycles. The highest BCUT2D eigenvalue weighted by atomic mass is 16.5. The van der Waals surface area contributed by atoms with Crippen molar-refractivity contribution in [1.29, 1.82) is 0 Å². The fourth-order valence-electron chi connectivity index (χ4n) is 4.37. The summed E-state index contributed by atoms with van der Waals surface area (Å²) < 4.78 is 5.96. The number of rotatable bonds is 2. The van der Waals surface area contributed by atoms with E-state index in [1.54, 1.807) is 0 Å². The predicted octanol–water partition coefficient (Wildman–Crippen LogP) is 1.26. The summed E-state index contributed by atoms with van der Waals surface area (Å²) in [6.45, 7) is 2.05. The van der Waals surface area contributed by atoms with E-state index in [1.807, 2.05) is 0 Å². The average molecular weight is 268 g/mol. The fourth-order valence-corrected chi connectivity index (χ4v) is 4.37. The van der Waals surface area contributed by atoms with Crippen LogP contribution in [0, 0.1) is 0 Å². The minimum absolute atomic E-state index is 0.127. The molecule has 4 nitrogen and oxygen atoms in total. The summed E-state index contributed by atoms with van der Waals surface area (Å²) in [5.74, 6) is 0. The van der Waals surface area contributed by atoms with Crippen LogP contribution in [0.3, 0.4) is 0 Å². The third-order valence-corrected chi connectivity index (χ3v) is 5.41. The zero-order valence-corrected chi connectivity index (χ0v) is 11.9. The summed E-state index contributed by atoms with van der Waals surface area (Å²) in [7, 11) is 0. The van der Waals surface area contributed by atoms with E-state index in [0.29, 0.717) is 18.2 Å². The molecule has 1 aliphatic heterocycles. The molecule has 2 saturated carbocycles. The van der Waals surface area contributed by atoms with Crippen molar-refractivity contribution in [1.82, 2.24) is 4.90 Å². The van der Waals surface area contributed by atoms with E-state index in [1.165, 1.54) is 32.1 Å². The number of ether oxygens (including phenoxy) is 1. The van der Waals surface area contributed by atoms with Crippen molar-refractivity contribution in [3.8, 4) is 0 Å². The lowest BCUT2D eigenvalue weighted by atomic mass is 9.78. The van der Waals surface area contributed by atoms with Crippen LogP contribution in [0.5, 0.6) is 0 Å². The Morgan fingerprint density at radius 2 is 2.05 bits per heavy atom. The largest absolute Gasteiger partial charge is 0.394 e. The molecular formula is C15H28N2O2. The first-order valence-corrected chi connectivity index (χ1v) is 7.99. The number of hydrogen-bond donors (Lipinski definition) is 2. The van der Waals surface area contributed by atoms with Crippen LogP contribution in [-0.2, 0) is 4.74 Å². The van der Waals surface area contributed by atoms with Gasteiger partial charge >= 0.3 is 0 Å². The molecular weight excluding hydrogens is 240 g/mol. The van der Waals surface area contributed by atoms with E-state index in [9.17, 15) is 5.11 Å².